The summed E-state index contributed by atoms with van der Waals surface area (Å²) in [6.07, 6.45) is 1.91. The highest BCUT2D eigenvalue weighted by molar-refractivity contribution is 5.67. The van der Waals surface area contributed by atoms with Crippen molar-refractivity contribution in [1.29, 1.82) is 0 Å². The van der Waals surface area contributed by atoms with Gasteiger partial charge in [-0.15, -0.1) is 0 Å². The highest BCUT2D eigenvalue weighted by atomic mass is 16.6. The van der Waals surface area contributed by atoms with Crippen molar-refractivity contribution in [3.63, 3.8) is 0 Å². The monoisotopic (exact) mass is 258 g/mol. The zero-order valence-corrected chi connectivity index (χ0v) is 11.9. The molecule has 1 aliphatic heterocycles. The highest BCUT2D eigenvalue weighted by Gasteiger charge is 2.23. The maximum absolute atomic E-state index is 11.4. The second-order valence-electron chi connectivity index (χ2n) is 5.71. The highest BCUT2D eigenvalue weighted by Crippen LogP contribution is 2.12. The van der Waals surface area contributed by atoms with E-state index in [0.29, 0.717) is 18.7 Å². The minimum absolute atomic E-state index is 0.295. The summed E-state index contributed by atoms with van der Waals surface area (Å²) < 4.78 is 10.6. The molecule has 18 heavy (non-hydrogen) atoms. The van der Waals surface area contributed by atoms with Gasteiger partial charge in [-0.3, -0.25) is 0 Å². The molecule has 1 aliphatic rings. The fourth-order valence-electron chi connectivity index (χ4n) is 1.88. The molecule has 1 amide bonds. The number of nitrogens with one attached hydrogen (secondary N) is 2. The van der Waals surface area contributed by atoms with Gasteiger partial charge in [0.15, 0.2) is 0 Å². The van der Waals surface area contributed by atoms with Crippen molar-refractivity contribution < 1.29 is 14.3 Å². The molecule has 0 aromatic carbocycles. The number of carbonyl (C=O) groups is 1. The second-order valence-corrected chi connectivity index (χ2v) is 5.71. The van der Waals surface area contributed by atoms with E-state index in [1.807, 2.05) is 20.8 Å². The van der Waals surface area contributed by atoms with Gasteiger partial charge in [-0.05, 0) is 47.1 Å². The van der Waals surface area contributed by atoms with Crippen molar-refractivity contribution in [2.75, 3.05) is 19.7 Å². The summed E-state index contributed by atoms with van der Waals surface area (Å²) in [6.45, 7) is 10.0. The van der Waals surface area contributed by atoms with Gasteiger partial charge >= 0.3 is 6.09 Å². The summed E-state index contributed by atoms with van der Waals surface area (Å²) in [6, 6.07) is 0.450. The smallest absolute Gasteiger partial charge is 0.407 e. The van der Waals surface area contributed by atoms with Crippen LogP contribution in [0.25, 0.3) is 0 Å². The summed E-state index contributed by atoms with van der Waals surface area (Å²) in [5.74, 6) is 0. The van der Waals surface area contributed by atoms with E-state index in [1.54, 1.807) is 0 Å². The van der Waals surface area contributed by atoms with Gasteiger partial charge in [-0.2, -0.15) is 0 Å². The van der Waals surface area contributed by atoms with Crippen LogP contribution >= 0.6 is 0 Å². The number of carbonyl (C=O) groups excluding carboxylic acids is 1. The molecule has 1 saturated heterocycles. The maximum Gasteiger partial charge on any atom is 0.407 e. The summed E-state index contributed by atoms with van der Waals surface area (Å²) in [7, 11) is 0. The van der Waals surface area contributed by atoms with Crippen molar-refractivity contribution in [3.8, 4) is 0 Å². The molecule has 0 bridgehead atoms. The van der Waals surface area contributed by atoms with E-state index in [0.717, 1.165) is 26.0 Å². The molecule has 0 aliphatic carbocycles. The Morgan fingerprint density at radius 2 is 2.11 bits per heavy atom. The van der Waals surface area contributed by atoms with Crippen molar-refractivity contribution in [2.45, 2.75) is 58.3 Å². The Labute approximate surface area is 110 Å². The summed E-state index contributed by atoms with van der Waals surface area (Å²) in [4.78, 5) is 11.4. The van der Waals surface area contributed by atoms with Gasteiger partial charge in [0.25, 0.3) is 0 Å². The van der Waals surface area contributed by atoms with E-state index in [2.05, 4.69) is 17.6 Å². The van der Waals surface area contributed by atoms with Crippen LogP contribution in [0.15, 0.2) is 0 Å². The van der Waals surface area contributed by atoms with Crippen molar-refractivity contribution >= 4 is 6.09 Å². The van der Waals surface area contributed by atoms with Crippen LogP contribution in [0, 0.1) is 0 Å². The average Bonchev–Trinajstić information content (AvgIpc) is 2.61. The molecular weight excluding hydrogens is 232 g/mol. The quantitative estimate of drug-likeness (QED) is 0.736. The molecule has 1 fully saturated rings. The van der Waals surface area contributed by atoms with Crippen LogP contribution < -0.4 is 10.6 Å². The topological polar surface area (TPSA) is 59.6 Å². The third-order valence-corrected chi connectivity index (χ3v) is 2.80. The number of alkyl carbamates (subject to hydrolysis) is 1. The first-order valence-electron chi connectivity index (χ1n) is 6.70. The normalized spacial score (nSPS) is 24.0. The summed E-state index contributed by atoms with van der Waals surface area (Å²) in [5.41, 5.74) is -0.432. The first-order chi connectivity index (χ1) is 8.38. The van der Waals surface area contributed by atoms with Crippen LogP contribution in [-0.2, 0) is 9.47 Å². The lowest BCUT2D eigenvalue weighted by molar-refractivity contribution is 0.0527. The van der Waals surface area contributed by atoms with Gasteiger partial charge in [0, 0.05) is 19.2 Å². The van der Waals surface area contributed by atoms with Crippen molar-refractivity contribution in [1.82, 2.24) is 10.6 Å². The lowest BCUT2D eigenvalue weighted by atomic mass is 10.1. The molecule has 0 aromatic rings. The number of amides is 1. The molecule has 5 heteroatoms. The van der Waals surface area contributed by atoms with Gasteiger partial charge in [0.1, 0.15) is 5.60 Å². The van der Waals surface area contributed by atoms with E-state index in [9.17, 15) is 4.79 Å². The van der Waals surface area contributed by atoms with Gasteiger partial charge in [-0.25, -0.2) is 4.79 Å². The zero-order chi connectivity index (χ0) is 13.6. The fourth-order valence-corrected chi connectivity index (χ4v) is 1.88. The van der Waals surface area contributed by atoms with E-state index in [1.165, 1.54) is 0 Å². The lowest BCUT2D eigenvalue weighted by Crippen LogP contribution is -2.37. The number of rotatable bonds is 5. The SMILES string of the molecule is CC1OCCC1NCCCNC(=O)OC(C)(C)C. The minimum Gasteiger partial charge on any atom is -0.444 e. The number of ether oxygens (including phenoxy) is 2. The zero-order valence-electron chi connectivity index (χ0n) is 11.9. The largest absolute Gasteiger partial charge is 0.444 e. The predicted molar refractivity (Wildman–Crippen MR) is 70.7 cm³/mol. The molecule has 5 nitrogen and oxygen atoms in total. The van der Waals surface area contributed by atoms with Crippen LogP contribution in [0.1, 0.15) is 40.5 Å². The van der Waals surface area contributed by atoms with Crippen LogP contribution in [0.3, 0.4) is 0 Å². The average molecular weight is 258 g/mol. The second kappa shape index (κ2) is 6.95. The Bertz CT molecular complexity index is 263. The molecule has 0 aromatic heterocycles. The molecule has 0 radical (unpaired) electrons. The molecule has 1 heterocycles. The predicted octanol–water partition coefficient (Wildman–Crippen LogP) is 1.67. The molecule has 0 saturated carbocycles. The Balaban J connectivity index is 2.00. The minimum atomic E-state index is -0.432. The lowest BCUT2D eigenvalue weighted by Gasteiger charge is -2.20. The van der Waals surface area contributed by atoms with E-state index in [-0.39, 0.29) is 6.09 Å². The van der Waals surface area contributed by atoms with Crippen molar-refractivity contribution in [3.05, 3.63) is 0 Å². The molecular formula is C13H26N2O3. The summed E-state index contributed by atoms with van der Waals surface area (Å²) in [5, 5.41) is 6.18. The Hall–Kier alpha value is -0.810. The van der Waals surface area contributed by atoms with Crippen LogP contribution in [0.2, 0.25) is 0 Å². The van der Waals surface area contributed by atoms with E-state index in [4.69, 9.17) is 9.47 Å². The number of hydrogen-bond acceptors (Lipinski definition) is 4. The Morgan fingerprint density at radius 1 is 1.39 bits per heavy atom. The van der Waals surface area contributed by atoms with Crippen LogP contribution in [0.5, 0.6) is 0 Å². The van der Waals surface area contributed by atoms with E-state index < -0.39 is 5.60 Å². The molecule has 2 atom stereocenters. The summed E-state index contributed by atoms with van der Waals surface area (Å²) >= 11 is 0. The Morgan fingerprint density at radius 3 is 2.67 bits per heavy atom. The van der Waals surface area contributed by atoms with Gasteiger partial charge in [0.2, 0.25) is 0 Å². The number of hydrogen-bond donors (Lipinski definition) is 2. The van der Waals surface area contributed by atoms with Crippen LogP contribution in [-0.4, -0.2) is 43.5 Å². The van der Waals surface area contributed by atoms with Gasteiger partial charge in [-0.1, -0.05) is 0 Å². The maximum atomic E-state index is 11.4. The van der Waals surface area contributed by atoms with Crippen LogP contribution in [0.4, 0.5) is 4.79 Å². The first-order valence-corrected chi connectivity index (χ1v) is 6.70. The standard InChI is InChI=1S/C13H26N2O3/c1-10-11(6-9-17-10)14-7-5-8-15-12(16)18-13(2,3)4/h10-11,14H,5-9H2,1-4H3,(H,15,16). The third-order valence-electron chi connectivity index (χ3n) is 2.80. The Kier molecular flexibility index (Phi) is 5.88. The van der Waals surface area contributed by atoms with Crippen molar-refractivity contribution in [2.24, 2.45) is 0 Å². The van der Waals surface area contributed by atoms with Gasteiger partial charge in [0.05, 0.1) is 6.10 Å². The molecule has 1 rings (SSSR count). The third kappa shape index (κ3) is 6.21. The van der Waals surface area contributed by atoms with Gasteiger partial charge < -0.3 is 20.1 Å². The molecule has 2 N–H and O–H groups in total. The molecule has 106 valence electrons. The fraction of sp³-hybridized carbons (Fsp3) is 0.923. The molecule has 2 unspecified atom stereocenters. The first kappa shape index (κ1) is 15.2. The van der Waals surface area contributed by atoms with E-state index >= 15 is 0 Å². The molecule has 0 spiro atoms.